The van der Waals surface area contributed by atoms with Crippen molar-refractivity contribution in [1.82, 2.24) is 14.5 Å². The number of halogens is 1. The zero-order valence-electron chi connectivity index (χ0n) is 11.8. The van der Waals surface area contributed by atoms with Crippen molar-refractivity contribution in [2.75, 3.05) is 20.2 Å². The molecule has 114 valence electrons. The van der Waals surface area contributed by atoms with Crippen molar-refractivity contribution in [3.8, 4) is 0 Å². The molecule has 0 aliphatic carbocycles. The maximum absolute atomic E-state index is 13.3. The monoisotopic (exact) mass is 295 g/mol. The van der Waals surface area contributed by atoms with Crippen LogP contribution in [0.15, 0.2) is 18.2 Å². The predicted molar refractivity (Wildman–Crippen MR) is 75.4 cm³/mol. The minimum Gasteiger partial charge on any atom is -0.481 e. The summed E-state index contributed by atoms with van der Waals surface area (Å²) in [5.41, 5.74) is 1.22. The summed E-state index contributed by atoms with van der Waals surface area (Å²) in [6, 6.07) is 4.28. The van der Waals surface area contributed by atoms with E-state index in [4.69, 9.17) is 10.2 Å². The Bertz CT molecular complexity index is 642. The van der Waals surface area contributed by atoms with Crippen molar-refractivity contribution >= 4 is 17.0 Å². The Morgan fingerprint density at radius 1 is 1.48 bits per heavy atom. The highest BCUT2D eigenvalue weighted by Gasteiger charge is 2.14. The number of aryl methyl sites for hydroxylation is 1. The highest BCUT2D eigenvalue weighted by Crippen LogP contribution is 2.19. The molecule has 21 heavy (non-hydrogen) atoms. The van der Waals surface area contributed by atoms with Gasteiger partial charge in [0, 0.05) is 19.2 Å². The maximum Gasteiger partial charge on any atom is 0.305 e. The number of nitrogens with zero attached hydrogens (tertiary/aromatic N) is 3. The van der Waals surface area contributed by atoms with Crippen molar-refractivity contribution in [2.45, 2.75) is 19.5 Å². The first-order valence-corrected chi connectivity index (χ1v) is 6.67. The topological polar surface area (TPSA) is 78.6 Å². The van der Waals surface area contributed by atoms with E-state index in [2.05, 4.69) is 4.98 Å². The first-order chi connectivity index (χ1) is 10.0. The second-order valence-corrected chi connectivity index (χ2v) is 4.92. The number of benzene rings is 1. The molecule has 7 heteroatoms. The summed E-state index contributed by atoms with van der Waals surface area (Å²) in [6.45, 7) is 1.24. The second kappa shape index (κ2) is 6.64. The first kappa shape index (κ1) is 15.4. The molecule has 2 aromatic rings. The molecule has 0 amide bonds. The molecule has 0 unspecified atom stereocenters. The molecule has 1 aromatic carbocycles. The predicted octanol–water partition coefficient (Wildman–Crippen LogP) is 1.07. The zero-order chi connectivity index (χ0) is 15.4. The van der Waals surface area contributed by atoms with Crippen LogP contribution in [0.4, 0.5) is 4.39 Å². The van der Waals surface area contributed by atoms with Gasteiger partial charge in [-0.15, -0.1) is 0 Å². The summed E-state index contributed by atoms with van der Waals surface area (Å²) in [5, 5.41) is 17.8. The van der Waals surface area contributed by atoms with E-state index in [9.17, 15) is 9.18 Å². The number of imidazole rings is 1. The molecule has 1 aromatic heterocycles. The Morgan fingerprint density at radius 2 is 2.24 bits per heavy atom. The van der Waals surface area contributed by atoms with Gasteiger partial charge in [0.15, 0.2) is 0 Å². The van der Waals surface area contributed by atoms with Crippen LogP contribution in [0.5, 0.6) is 0 Å². The lowest BCUT2D eigenvalue weighted by Gasteiger charge is -2.15. The lowest BCUT2D eigenvalue weighted by molar-refractivity contribution is -0.137. The van der Waals surface area contributed by atoms with Crippen molar-refractivity contribution in [3.63, 3.8) is 0 Å². The molecule has 0 saturated carbocycles. The Hall–Kier alpha value is -1.99. The van der Waals surface area contributed by atoms with Crippen molar-refractivity contribution in [1.29, 1.82) is 0 Å². The Morgan fingerprint density at radius 3 is 2.90 bits per heavy atom. The molecular weight excluding hydrogens is 277 g/mol. The normalized spacial score (nSPS) is 11.4. The van der Waals surface area contributed by atoms with Crippen LogP contribution in [0.3, 0.4) is 0 Å². The van der Waals surface area contributed by atoms with Crippen LogP contribution in [0.25, 0.3) is 11.0 Å². The average Bonchev–Trinajstić information content (AvgIpc) is 2.72. The average molecular weight is 295 g/mol. The van der Waals surface area contributed by atoms with E-state index in [1.165, 1.54) is 12.1 Å². The minimum atomic E-state index is -0.895. The summed E-state index contributed by atoms with van der Waals surface area (Å²) >= 11 is 0. The van der Waals surface area contributed by atoms with E-state index < -0.39 is 5.97 Å². The van der Waals surface area contributed by atoms with Gasteiger partial charge in [0.05, 0.1) is 30.6 Å². The van der Waals surface area contributed by atoms with Crippen LogP contribution >= 0.6 is 0 Å². The third kappa shape index (κ3) is 3.77. The molecule has 0 radical (unpaired) electrons. The Balaban J connectivity index is 2.36. The maximum atomic E-state index is 13.3. The number of likely N-dealkylation sites (N-methyl/N-ethyl adjacent to an activating group) is 1. The molecule has 2 N–H and O–H groups in total. The number of fused-ring (bicyclic) bond motifs is 1. The number of aliphatic hydroxyl groups is 1. The number of carbonyl (C=O) groups is 1. The second-order valence-electron chi connectivity index (χ2n) is 4.92. The van der Waals surface area contributed by atoms with Crippen molar-refractivity contribution in [2.24, 2.45) is 0 Å². The number of carboxylic acid groups (broad SMARTS) is 1. The van der Waals surface area contributed by atoms with Gasteiger partial charge in [0.1, 0.15) is 11.6 Å². The molecule has 1 heterocycles. The van der Waals surface area contributed by atoms with E-state index in [0.717, 1.165) is 0 Å². The molecule has 0 saturated heterocycles. The molecule has 2 rings (SSSR count). The van der Waals surface area contributed by atoms with Gasteiger partial charge < -0.3 is 14.8 Å². The number of carboxylic acids is 1. The van der Waals surface area contributed by atoms with Gasteiger partial charge in [0.25, 0.3) is 0 Å². The van der Waals surface area contributed by atoms with Gasteiger partial charge in [-0.1, -0.05) is 0 Å². The molecule has 6 nitrogen and oxygen atoms in total. The van der Waals surface area contributed by atoms with Crippen LogP contribution in [0.1, 0.15) is 12.2 Å². The number of aromatic nitrogens is 2. The third-order valence-electron chi connectivity index (χ3n) is 3.23. The van der Waals surface area contributed by atoms with Crippen LogP contribution in [-0.2, 0) is 17.9 Å². The number of aliphatic hydroxyl groups excluding tert-OH is 1. The summed E-state index contributed by atoms with van der Waals surface area (Å²) < 4.78 is 15.1. The minimum absolute atomic E-state index is 0.0282. The van der Waals surface area contributed by atoms with Gasteiger partial charge >= 0.3 is 5.97 Å². The molecular formula is C14H18FN3O3. The first-order valence-electron chi connectivity index (χ1n) is 6.67. The lowest BCUT2D eigenvalue weighted by atomic mass is 10.3. The number of hydrogen-bond acceptors (Lipinski definition) is 4. The third-order valence-corrected chi connectivity index (χ3v) is 3.23. The van der Waals surface area contributed by atoms with Crippen LogP contribution in [0, 0.1) is 5.82 Å². The summed E-state index contributed by atoms with van der Waals surface area (Å²) in [7, 11) is 1.83. The van der Waals surface area contributed by atoms with E-state index in [-0.39, 0.29) is 25.4 Å². The molecule has 0 fully saturated rings. The number of aliphatic carboxylic acids is 1. The van der Waals surface area contributed by atoms with Crippen molar-refractivity contribution in [3.05, 3.63) is 29.8 Å². The van der Waals surface area contributed by atoms with E-state index >= 15 is 0 Å². The zero-order valence-corrected chi connectivity index (χ0v) is 11.8. The van der Waals surface area contributed by atoms with Crippen molar-refractivity contribution < 1.29 is 19.4 Å². The van der Waals surface area contributed by atoms with E-state index in [1.54, 1.807) is 10.6 Å². The molecule has 0 aliphatic heterocycles. The summed E-state index contributed by atoms with van der Waals surface area (Å²) in [6.07, 6.45) is -0.0282. The van der Waals surface area contributed by atoms with E-state index in [0.29, 0.717) is 29.9 Å². The van der Waals surface area contributed by atoms with E-state index in [1.807, 2.05) is 11.9 Å². The van der Waals surface area contributed by atoms with Crippen LogP contribution < -0.4 is 0 Å². The summed E-state index contributed by atoms with van der Waals surface area (Å²) in [4.78, 5) is 17.0. The van der Waals surface area contributed by atoms with Gasteiger partial charge in [0.2, 0.25) is 0 Å². The van der Waals surface area contributed by atoms with Crippen LogP contribution in [-0.4, -0.2) is 50.8 Å². The fourth-order valence-electron chi connectivity index (χ4n) is 2.22. The lowest BCUT2D eigenvalue weighted by Crippen LogP contribution is -2.24. The fourth-order valence-corrected chi connectivity index (χ4v) is 2.22. The van der Waals surface area contributed by atoms with Gasteiger partial charge in [-0.25, -0.2) is 9.37 Å². The molecule has 0 spiro atoms. The molecule has 0 bridgehead atoms. The molecule has 0 aliphatic rings. The Kier molecular flexibility index (Phi) is 4.87. The fraction of sp³-hybridized carbons (Fsp3) is 0.429. The quantitative estimate of drug-likeness (QED) is 0.799. The molecule has 0 atom stereocenters. The summed E-state index contributed by atoms with van der Waals surface area (Å²) in [5.74, 6) is -0.609. The highest BCUT2D eigenvalue weighted by molar-refractivity contribution is 5.76. The standard InChI is InChI=1S/C14H18FN3O3/c1-17(6-7-19)9-13-16-11-8-10(15)2-3-12(11)18(13)5-4-14(20)21/h2-3,8,19H,4-7,9H2,1H3,(H,20,21). The van der Waals surface area contributed by atoms with Gasteiger partial charge in [-0.05, 0) is 19.2 Å². The van der Waals surface area contributed by atoms with Gasteiger partial charge in [-0.2, -0.15) is 0 Å². The van der Waals surface area contributed by atoms with Crippen LogP contribution in [0.2, 0.25) is 0 Å². The SMILES string of the molecule is CN(CCO)Cc1nc2cc(F)ccc2n1CCC(=O)O. The largest absolute Gasteiger partial charge is 0.481 e. The highest BCUT2D eigenvalue weighted by atomic mass is 19.1. The number of rotatable bonds is 7. The number of hydrogen-bond donors (Lipinski definition) is 2. The van der Waals surface area contributed by atoms with Gasteiger partial charge in [-0.3, -0.25) is 9.69 Å². The Labute approximate surface area is 121 Å². The smallest absolute Gasteiger partial charge is 0.305 e.